The van der Waals surface area contributed by atoms with Crippen LogP contribution in [0.2, 0.25) is 0 Å². The van der Waals surface area contributed by atoms with E-state index >= 15 is 0 Å². The number of carbonyl (C=O) groups is 2. The van der Waals surface area contributed by atoms with Crippen molar-refractivity contribution in [2.24, 2.45) is 0 Å². The van der Waals surface area contributed by atoms with Crippen molar-refractivity contribution in [1.29, 1.82) is 0 Å². The van der Waals surface area contributed by atoms with Crippen LogP contribution in [0.4, 0.5) is 4.79 Å². The van der Waals surface area contributed by atoms with Gasteiger partial charge in [0.15, 0.2) is 0 Å². The lowest BCUT2D eigenvalue weighted by Crippen LogP contribution is -2.37. The Kier molecular flexibility index (Phi) is 6.56. The van der Waals surface area contributed by atoms with Gasteiger partial charge in [0.1, 0.15) is 13.3 Å². The molecule has 0 radical (unpaired) electrons. The Balaban J connectivity index is 3.25. The molecule has 0 bridgehead atoms. The predicted molar refractivity (Wildman–Crippen MR) is 42.1 cm³/mol. The van der Waals surface area contributed by atoms with Crippen molar-refractivity contribution in [3.8, 4) is 0 Å². The number of hydrogen-bond acceptors (Lipinski definition) is 4. The second-order valence-corrected chi connectivity index (χ2v) is 2.03. The van der Waals surface area contributed by atoms with Crippen LogP contribution >= 0.6 is 0 Å². The monoisotopic (exact) mass is 192 g/mol. The fourth-order valence-electron chi connectivity index (χ4n) is 0.487. The summed E-state index contributed by atoms with van der Waals surface area (Å²) >= 11 is 0. The van der Waals surface area contributed by atoms with E-state index in [2.05, 4.69) is 5.32 Å². The molecular weight excluding hydrogens is 180 g/mol. The maximum Gasteiger partial charge on any atom is 0.405 e. The van der Waals surface area contributed by atoms with Crippen molar-refractivity contribution in [2.45, 2.75) is 0 Å². The minimum atomic E-state index is -1.26. The van der Waals surface area contributed by atoms with Crippen molar-refractivity contribution < 1.29 is 24.5 Å². The normalized spacial score (nSPS) is 9.31. The number of hydrogen-bond donors (Lipinski definition) is 4. The highest BCUT2D eigenvalue weighted by Gasteiger charge is 2.01. The average Bonchev–Trinajstić information content (AvgIpc) is 2.09. The Morgan fingerprint density at radius 2 is 2.00 bits per heavy atom. The van der Waals surface area contributed by atoms with E-state index in [0.29, 0.717) is 0 Å². The molecule has 7 nitrogen and oxygen atoms in total. The van der Waals surface area contributed by atoms with E-state index in [1.54, 1.807) is 0 Å². The fourth-order valence-corrected chi connectivity index (χ4v) is 0.487. The van der Waals surface area contributed by atoms with Crippen LogP contribution in [0.5, 0.6) is 0 Å². The van der Waals surface area contributed by atoms with Crippen molar-refractivity contribution in [3.05, 3.63) is 0 Å². The Morgan fingerprint density at radius 3 is 2.54 bits per heavy atom. The van der Waals surface area contributed by atoms with Gasteiger partial charge in [-0.05, 0) is 0 Å². The first kappa shape index (κ1) is 11.7. The second kappa shape index (κ2) is 7.32. The van der Waals surface area contributed by atoms with Gasteiger partial charge in [-0.25, -0.2) is 4.79 Å². The summed E-state index contributed by atoms with van der Waals surface area (Å²) in [5.74, 6) is -0.486. The SMILES string of the molecule is O=C(O)NCC(=O)NCOCCO. The second-order valence-electron chi connectivity index (χ2n) is 2.03. The van der Waals surface area contributed by atoms with Crippen LogP contribution in [0.25, 0.3) is 0 Å². The maximum atomic E-state index is 10.7. The molecule has 13 heavy (non-hydrogen) atoms. The van der Waals surface area contributed by atoms with E-state index in [-0.39, 0.29) is 26.5 Å². The summed E-state index contributed by atoms with van der Waals surface area (Å²) in [5, 5.41) is 20.6. The van der Waals surface area contributed by atoms with Gasteiger partial charge in [0.2, 0.25) is 5.91 Å². The van der Waals surface area contributed by atoms with E-state index < -0.39 is 12.0 Å². The molecule has 0 spiro atoms. The first-order valence-corrected chi connectivity index (χ1v) is 3.59. The number of nitrogens with one attached hydrogen (secondary N) is 2. The van der Waals surface area contributed by atoms with Gasteiger partial charge < -0.3 is 25.6 Å². The van der Waals surface area contributed by atoms with Crippen molar-refractivity contribution in [1.82, 2.24) is 10.6 Å². The fraction of sp³-hybridized carbons (Fsp3) is 0.667. The third-order valence-corrected chi connectivity index (χ3v) is 1.01. The summed E-state index contributed by atoms with van der Waals surface area (Å²) in [7, 11) is 0. The molecule has 76 valence electrons. The van der Waals surface area contributed by atoms with Crippen molar-refractivity contribution in [3.63, 3.8) is 0 Å². The van der Waals surface area contributed by atoms with E-state index in [0.717, 1.165) is 0 Å². The molecule has 0 saturated heterocycles. The van der Waals surface area contributed by atoms with Gasteiger partial charge in [0.25, 0.3) is 0 Å². The quantitative estimate of drug-likeness (QED) is 0.297. The summed E-state index contributed by atoms with van der Waals surface area (Å²) in [6.07, 6.45) is -1.26. The van der Waals surface area contributed by atoms with Crippen LogP contribution in [0.15, 0.2) is 0 Å². The minimum Gasteiger partial charge on any atom is -0.465 e. The highest BCUT2D eigenvalue weighted by Crippen LogP contribution is 1.70. The van der Waals surface area contributed by atoms with Crippen molar-refractivity contribution >= 4 is 12.0 Å². The zero-order chi connectivity index (χ0) is 10.1. The molecule has 7 heteroatoms. The van der Waals surface area contributed by atoms with Crippen LogP contribution in [0.3, 0.4) is 0 Å². The predicted octanol–water partition coefficient (Wildman–Crippen LogP) is -1.66. The van der Waals surface area contributed by atoms with Gasteiger partial charge >= 0.3 is 6.09 Å². The largest absolute Gasteiger partial charge is 0.465 e. The van der Waals surface area contributed by atoms with E-state index in [9.17, 15) is 9.59 Å². The Morgan fingerprint density at radius 1 is 1.31 bits per heavy atom. The molecule has 0 aromatic rings. The van der Waals surface area contributed by atoms with Gasteiger partial charge in [-0.3, -0.25) is 4.79 Å². The molecule has 2 amide bonds. The lowest BCUT2D eigenvalue weighted by Gasteiger charge is -2.04. The number of carboxylic acid groups (broad SMARTS) is 1. The van der Waals surface area contributed by atoms with Crippen LogP contribution in [-0.2, 0) is 9.53 Å². The Labute approximate surface area is 74.7 Å². The number of amides is 2. The number of aliphatic hydroxyl groups excluding tert-OH is 1. The molecule has 0 rings (SSSR count). The number of aliphatic hydroxyl groups is 1. The third kappa shape index (κ3) is 8.57. The van der Waals surface area contributed by atoms with Crippen LogP contribution in [-0.4, -0.2) is 48.7 Å². The highest BCUT2D eigenvalue weighted by atomic mass is 16.5. The Bertz CT molecular complexity index is 172. The van der Waals surface area contributed by atoms with Gasteiger partial charge in [-0.15, -0.1) is 0 Å². The molecule has 0 atom stereocenters. The summed E-state index contributed by atoms with van der Waals surface area (Å²) < 4.78 is 4.70. The lowest BCUT2D eigenvalue weighted by molar-refractivity contribution is -0.122. The van der Waals surface area contributed by atoms with Crippen LogP contribution in [0.1, 0.15) is 0 Å². The van der Waals surface area contributed by atoms with Crippen molar-refractivity contribution in [2.75, 3.05) is 26.5 Å². The summed E-state index contributed by atoms with van der Waals surface area (Å²) in [6, 6.07) is 0. The van der Waals surface area contributed by atoms with Crippen LogP contribution < -0.4 is 10.6 Å². The molecule has 0 aromatic carbocycles. The van der Waals surface area contributed by atoms with Gasteiger partial charge in [-0.1, -0.05) is 0 Å². The molecule has 0 fully saturated rings. The molecule has 0 aliphatic heterocycles. The van der Waals surface area contributed by atoms with Crippen LogP contribution in [0, 0.1) is 0 Å². The Hall–Kier alpha value is -1.34. The van der Waals surface area contributed by atoms with E-state index in [4.69, 9.17) is 14.9 Å². The highest BCUT2D eigenvalue weighted by molar-refractivity contribution is 5.81. The number of carbonyl (C=O) groups excluding carboxylic acids is 1. The van der Waals surface area contributed by atoms with E-state index in [1.807, 2.05) is 5.32 Å². The summed E-state index contributed by atoms with van der Waals surface area (Å²) in [5.41, 5.74) is 0. The molecule has 0 saturated carbocycles. The molecule has 0 unspecified atom stereocenters. The lowest BCUT2D eigenvalue weighted by atomic mass is 10.6. The first-order valence-electron chi connectivity index (χ1n) is 3.59. The average molecular weight is 192 g/mol. The molecule has 0 heterocycles. The summed E-state index contributed by atoms with van der Waals surface area (Å²) in [6.45, 7) is -0.339. The standard InChI is InChI=1S/C6H12N2O5/c9-1-2-13-4-8-5(10)3-7-6(11)12/h7,9H,1-4H2,(H,8,10)(H,11,12). The molecule has 0 aliphatic rings. The molecular formula is C6H12N2O5. The number of rotatable bonds is 6. The van der Waals surface area contributed by atoms with Gasteiger partial charge in [0, 0.05) is 0 Å². The smallest absolute Gasteiger partial charge is 0.405 e. The molecule has 4 N–H and O–H groups in total. The molecule has 0 aliphatic carbocycles. The maximum absolute atomic E-state index is 10.7. The molecule has 0 aromatic heterocycles. The first-order chi connectivity index (χ1) is 6.16. The summed E-state index contributed by atoms with van der Waals surface area (Å²) in [4.78, 5) is 20.7. The minimum absolute atomic E-state index is 0.0410. The van der Waals surface area contributed by atoms with E-state index in [1.165, 1.54) is 0 Å². The topological polar surface area (TPSA) is 108 Å². The zero-order valence-electron chi connectivity index (χ0n) is 6.95. The zero-order valence-corrected chi connectivity index (χ0v) is 6.95. The van der Waals surface area contributed by atoms with Gasteiger partial charge in [0.05, 0.1) is 13.2 Å². The third-order valence-electron chi connectivity index (χ3n) is 1.01. The van der Waals surface area contributed by atoms with Gasteiger partial charge in [-0.2, -0.15) is 0 Å². The number of ether oxygens (including phenoxy) is 1.